The van der Waals surface area contributed by atoms with Crippen molar-refractivity contribution in [2.24, 2.45) is 0 Å². The number of thiazole rings is 1. The molecule has 0 radical (unpaired) electrons. The number of rotatable bonds is 8. The quantitative estimate of drug-likeness (QED) is 0.401. The summed E-state index contributed by atoms with van der Waals surface area (Å²) >= 11 is 1.72. The monoisotopic (exact) mass is 432 g/mol. The first-order valence-electron chi connectivity index (χ1n) is 10.1. The van der Waals surface area contributed by atoms with Gasteiger partial charge < -0.3 is 14.8 Å². The number of nitrogens with one attached hydrogen (secondary N) is 1. The molecule has 1 amide bonds. The van der Waals surface area contributed by atoms with Crippen LogP contribution < -0.4 is 14.8 Å². The van der Waals surface area contributed by atoms with E-state index in [-0.39, 0.29) is 5.91 Å². The van der Waals surface area contributed by atoms with Gasteiger partial charge >= 0.3 is 0 Å². The second kappa shape index (κ2) is 9.62. The van der Waals surface area contributed by atoms with Crippen LogP contribution in [0.1, 0.15) is 22.6 Å². The zero-order valence-electron chi connectivity index (χ0n) is 17.6. The summed E-state index contributed by atoms with van der Waals surface area (Å²) < 4.78 is 12.0. The van der Waals surface area contributed by atoms with Crippen molar-refractivity contribution in [3.8, 4) is 11.5 Å². The molecule has 3 aromatic carbocycles. The highest BCUT2D eigenvalue weighted by Crippen LogP contribution is 2.31. The van der Waals surface area contributed by atoms with E-state index in [9.17, 15) is 4.79 Å². The van der Waals surface area contributed by atoms with Crippen molar-refractivity contribution in [2.75, 3.05) is 19.5 Å². The van der Waals surface area contributed by atoms with Crippen LogP contribution in [0.25, 0.3) is 10.2 Å². The molecule has 0 aliphatic carbocycles. The predicted octanol–water partition coefficient (Wildman–Crippen LogP) is 5.48. The van der Waals surface area contributed by atoms with Gasteiger partial charge in [0, 0.05) is 18.5 Å². The summed E-state index contributed by atoms with van der Waals surface area (Å²) in [7, 11) is 3.21. The summed E-state index contributed by atoms with van der Waals surface area (Å²) in [6.45, 7) is 0. The molecular weight excluding hydrogens is 408 g/mol. The molecule has 5 nitrogen and oxygen atoms in total. The fraction of sp³-hybridized carbons (Fsp3) is 0.200. The number of anilines is 1. The number of fused-ring (bicyclic) bond motifs is 1. The average molecular weight is 433 g/mol. The van der Waals surface area contributed by atoms with Crippen LogP contribution in [0, 0.1) is 0 Å². The second-order valence-corrected chi connectivity index (χ2v) is 8.27. The SMILES string of the molecule is COc1cccc(CCC(=O)Nc2ccc(Cc3nc4ccccc4s3)cc2)c1OC. The van der Waals surface area contributed by atoms with Gasteiger partial charge in [-0.2, -0.15) is 0 Å². The number of hydrogen-bond acceptors (Lipinski definition) is 5. The maximum absolute atomic E-state index is 12.4. The van der Waals surface area contributed by atoms with E-state index in [1.165, 1.54) is 4.70 Å². The van der Waals surface area contributed by atoms with Crippen molar-refractivity contribution in [3.05, 3.63) is 82.9 Å². The van der Waals surface area contributed by atoms with E-state index in [0.29, 0.717) is 24.3 Å². The van der Waals surface area contributed by atoms with Crippen LogP contribution in [0.3, 0.4) is 0 Å². The van der Waals surface area contributed by atoms with Gasteiger partial charge in [-0.05, 0) is 47.9 Å². The Balaban J connectivity index is 1.34. The van der Waals surface area contributed by atoms with E-state index in [1.54, 1.807) is 25.6 Å². The Morgan fingerprint density at radius 3 is 2.52 bits per heavy atom. The van der Waals surface area contributed by atoms with E-state index < -0.39 is 0 Å². The summed E-state index contributed by atoms with van der Waals surface area (Å²) in [6.07, 6.45) is 1.71. The van der Waals surface area contributed by atoms with Gasteiger partial charge in [0.15, 0.2) is 11.5 Å². The topological polar surface area (TPSA) is 60.5 Å². The van der Waals surface area contributed by atoms with Crippen LogP contribution in [-0.2, 0) is 17.6 Å². The van der Waals surface area contributed by atoms with E-state index in [4.69, 9.17) is 9.47 Å². The Bertz CT molecular complexity index is 1150. The molecule has 1 N–H and O–H groups in total. The van der Waals surface area contributed by atoms with Gasteiger partial charge in [0.05, 0.1) is 29.4 Å². The zero-order valence-corrected chi connectivity index (χ0v) is 18.4. The summed E-state index contributed by atoms with van der Waals surface area (Å²) in [4.78, 5) is 17.1. The molecule has 0 atom stereocenters. The minimum absolute atomic E-state index is 0.0382. The van der Waals surface area contributed by atoms with Crippen molar-refractivity contribution in [1.29, 1.82) is 0 Å². The molecule has 0 aliphatic rings. The first-order chi connectivity index (χ1) is 15.2. The molecule has 0 saturated heterocycles. The third-order valence-electron chi connectivity index (χ3n) is 5.04. The second-order valence-electron chi connectivity index (χ2n) is 7.15. The van der Waals surface area contributed by atoms with Crippen LogP contribution >= 0.6 is 11.3 Å². The van der Waals surface area contributed by atoms with Gasteiger partial charge in [-0.1, -0.05) is 36.4 Å². The molecule has 1 aromatic heterocycles. The first kappa shape index (κ1) is 20.9. The number of carbonyl (C=O) groups is 1. The fourth-order valence-corrected chi connectivity index (χ4v) is 4.50. The molecule has 4 aromatic rings. The zero-order chi connectivity index (χ0) is 21.6. The number of hydrogen-bond donors (Lipinski definition) is 1. The molecule has 0 unspecified atom stereocenters. The first-order valence-corrected chi connectivity index (χ1v) is 10.9. The third-order valence-corrected chi connectivity index (χ3v) is 6.07. The van der Waals surface area contributed by atoms with Gasteiger partial charge in [0.2, 0.25) is 5.91 Å². The van der Waals surface area contributed by atoms with Crippen molar-refractivity contribution in [1.82, 2.24) is 4.98 Å². The number of aromatic nitrogens is 1. The highest BCUT2D eigenvalue weighted by molar-refractivity contribution is 7.18. The Morgan fingerprint density at radius 2 is 1.77 bits per heavy atom. The van der Waals surface area contributed by atoms with Gasteiger partial charge in [-0.15, -0.1) is 11.3 Å². The van der Waals surface area contributed by atoms with Gasteiger partial charge in [0.25, 0.3) is 0 Å². The molecule has 1 heterocycles. The molecule has 0 saturated carbocycles. The lowest BCUT2D eigenvalue weighted by molar-refractivity contribution is -0.116. The van der Waals surface area contributed by atoms with Gasteiger partial charge in [0.1, 0.15) is 0 Å². The molecule has 31 heavy (non-hydrogen) atoms. The number of ether oxygens (including phenoxy) is 2. The number of methoxy groups -OCH3 is 2. The Kier molecular flexibility index (Phi) is 6.48. The number of para-hydroxylation sites is 2. The minimum atomic E-state index is -0.0382. The Hall–Kier alpha value is -3.38. The lowest BCUT2D eigenvalue weighted by Crippen LogP contribution is -2.12. The molecule has 4 rings (SSSR count). The molecular formula is C25H24N2O3S. The summed E-state index contributed by atoms with van der Waals surface area (Å²) in [5, 5.41) is 4.05. The van der Waals surface area contributed by atoms with E-state index in [1.807, 2.05) is 60.7 Å². The molecule has 158 valence electrons. The van der Waals surface area contributed by atoms with E-state index >= 15 is 0 Å². The van der Waals surface area contributed by atoms with Crippen molar-refractivity contribution in [2.45, 2.75) is 19.3 Å². The highest BCUT2D eigenvalue weighted by atomic mass is 32.1. The van der Waals surface area contributed by atoms with Crippen molar-refractivity contribution >= 4 is 33.1 Å². The minimum Gasteiger partial charge on any atom is -0.493 e. The van der Waals surface area contributed by atoms with E-state index in [0.717, 1.165) is 33.8 Å². The molecule has 0 aliphatic heterocycles. The van der Waals surface area contributed by atoms with Crippen LogP contribution in [0.2, 0.25) is 0 Å². The summed E-state index contributed by atoms with van der Waals surface area (Å²) in [5.74, 6) is 1.31. The smallest absolute Gasteiger partial charge is 0.224 e. The van der Waals surface area contributed by atoms with Gasteiger partial charge in [-0.25, -0.2) is 4.98 Å². The normalized spacial score (nSPS) is 10.8. The molecule has 6 heteroatoms. The molecule has 0 bridgehead atoms. The highest BCUT2D eigenvalue weighted by Gasteiger charge is 2.11. The maximum Gasteiger partial charge on any atom is 0.224 e. The lowest BCUT2D eigenvalue weighted by Gasteiger charge is -2.12. The number of carbonyl (C=O) groups excluding carboxylic acids is 1. The average Bonchev–Trinajstić information content (AvgIpc) is 3.21. The Labute approximate surface area is 185 Å². The lowest BCUT2D eigenvalue weighted by atomic mass is 10.1. The summed E-state index contributed by atoms with van der Waals surface area (Å²) in [5.41, 5.74) is 3.94. The largest absolute Gasteiger partial charge is 0.493 e. The standard InChI is InChI=1S/C25H24N2O3S/c1-29-21-8-5-6-18(25(21)30-2)12-15-23(28)26-19-13-10-17(11-14-19)16-24-27-20-7-3-4-9-22(20)31-24/h3-11,13-14H,12,15-16H2,1-2H3,(H,26,28). The molecule has 0 spiro atoms. The molecule has 0 fully saturated rings. The van der Waals surface area contributed by atoms with Crippen LogP contribution in [0.5, 0.6) is 11.5 Å². The fourth-order valence-electron chi connectivity index (χ4n) is 3.50. The van der Waals surface area contributed by atoms with Crippen LogP contribution in [0.15, 0.2) is 66.7 Å². The van der Waals surface area contributed by atoms with Crippen LogP contribution in [0.4, 0.5) is 5.69 Å². The number of amides is 1. The maximum atomic E-state index is 12.4. The van der Waals surface area contributed by atoms with Crippen molar-refractivity contribution < 1.29 is 14.3 Å². The summed E-state index contributed by atoms with van der Waals surface area (Å²) in [6, 6.07) is 21.8. The Morgan fingerprint density at radius 1 is 0.968 bits per heavy atom. The number of nitrogens with zero attached hydrogens (tertiary/aromatic N) is 1. The third kappa shape index (κ3) is 5.03. The predicted molar refractivity (Wildman–Crippen MR) is 125 cm³/mol. The van der Waals surface area contributed by atoms with Crippen LogP contribution in [-0.4, -0.2) is 25.1 Å². The van der Waals surface area contributed by atoms with Gasteiger partial charge in [-0.3, -0.25) is 4.79 Å². The number of benzene rings is 3. The number of aryl methyl sites for hydroxylation is 1. The van der Waals surface area contributed by atoms with Crippen molar-refractivity contribution in [3.63, 3.8) is 0 Å². The van der Waals surface area contributed by atoms with E-state index in [2.05, 4.69) is 16.4 Å².